The smallest absolute Gasteiger partial charge is 0.248 e. The monoisotopic (exact) mass is 230 g/mol. The third-order valence-electron chi connectivity index (χ3n) is 2.00. The maximum Gasteiger partial charge on any atom is 0.248 e. The fourth-order valence-electron chi connectivity index (χ4n) is 1.26. The number of carbonyl (C=O) groups is 1. The van der Waals surface area contributed by atoms with Gasteiger partial charge in [0.15, 0.2) is 0 Å². The van der Waals surface area contributed by atoms with Crippen LogP contribution >= 0.6 is 11.8 Å². The van der Waals surface area contributed by atoms with E-state index >= 15 is 0 Å². The standard InChI is InChI=1S/C12H10N2OS/c13-12(15)9-2-1-3-11(8-9)16-10-4-6-14-7-5-10/h1-8H,(H2,13,15). The van der Waals surface area contributed by atoms with E-state index in [2.05, 4.69) is 4.98 Å². The van der Waals surface area contributed by atoms with Crippen molar-refractivity contribution in [2.75, 3.05) is 0 Å². The Balaban J connectivity index is 2.22. The second kappa shape index (κ2) is 4.81. The Morgan fingerprint density at radius 2 is 1.88 bits per heavy atom. The minimum absolute atomic E-state index is 0.405. The number of pyridine rings is 1. The fraction of sp³-hybridized carbons (Fsp3) is 0. The molecule has 0 saturated carbocycles. The van der Waals surface area contributed by atoms with Crippen LogP contribution in [0.4, 0.5) is 0 Å². The third kappa shape index (κ3) is 2.61. The lowest BCUT2D eigenvalue weighted by atomic mass is 10.2. The van der Waals surface area contributed by atoms with E-state index in [1.54, 1.807) is 36.3 Å². The molecule has 0 fully saturated rings. The van der Waals surface area contributed by atoms with Crippen LogP contribution < -0.4 is 5.73 Å². The first-order valence-corrected chi connectivity index (χ1v) is 5.55. The van der Waals surface area contributed by atoms with Crippen LogP contribution in [0.5, 0.6) is 0 Å². The van der Waals surface area contributed by atoms with Gasteiger partial charge in [-0.1, -0.05) is 17.8 Å². The summed E-state index contributed by atoms with van der Waals surface area (Å²) >= 11 is 1.57. The first kappa shape index (κ1) is 10.7. The molecular weight excluding hydrogens is 220 g/mol. The fourth-order valence-corrected chi connectivity index (χ4v) is 2.12. The molecule has 1 aromatic heterocycles. The lowest BCUT2D eigenvalue weighted by Gasteiger charge is -2.02. The number of primary amides is 1. The van der Waals surface area contributed by atoms with E-state index in [0.717, 1.165) is 9.79 Å². The van der Waals surface area contributed by atoms with Gasteiger partial charge >= 0.3 is 0 Å². The Labute approximate surface area is 97.7 Å². The van der Waals surface area contributed by atoms with Crippen molar-refractivity contribution in [2.45, 2.75) is 9.79 Å². The van der Waals surface area contributed by atoms with E-state index < -0.39 is 5.91 Å². The van der Waals surface area contributed by atoms with Crippen molar-refractivity contribution in [1.29, 1.82) is 0 Å². The molecule has 1 heterocycles. The minimum Gasteiger partial charge on any atom is -0.366 e. The van der Waals surface area contributed by atoms with Gasteiger partial charge < -0.3 is 5.73 Å². The Kier molecular flexibility index (Phi) is 3.22. The average molecular weight is 230 g/mol. The normalized spacial score (nSPS) is 10.0. The zero-order valence-electron chi connectivity index (χ0n) is 8.46. The van der Waals surface area contributed by atoms with Gasteiger partial charge in [-0.2, -0.15) is 0 Å². The summed E-state index contributed by atoms with van der Waals surface area (Å²) < 4.78 is 0. The van der Waals surface area contributed by atoms with Crippen molar-refractivity contribution in [3.05, 3.63) is 54.4 Å². The largest absolute Gasteiger partial charge is 0.366 e. The second-order valence-electron chi connectivity index (χ2n) is 3.18. The highest BCUT2D eigenvalue weighted by atomic mass is 32.2. The number of aromatic nitrogens is 1. The molecule has 3 nitrogen and oxygen atoms in total. The average Bonchev–Trinajstić information content (AvgIpc) is 2.30. The SMILES string of the molecule is NC(=O)c1cccc(Sc2ccncc2)c1. The van der Waals surface area contributed by atoms with Crippen molar-refractivity contribution in [3.8, 4) is 0 Å². The second-order valence-corrected chi connectivity index (χ2v) is 4.32. The van der Waals surface area contributed by atoms with E-state index in [4.69, 9.17) is 5.73 Å². The molecule has 16 heavy (non-hydrogen) atoms. The molecule has 0 radical (unpaired) electrons. The molecule has 0 unspecified atom stereocenters. The number of hydrogen-bond acceptors (Lipinski definition) is 3. The number of amides is 1. The summed E-state index contributed by atoms with van der Waals surface area (Å²) in [6.07, 6.45) is 3.47. The van der Waals surface area contributed by atoms with E-state index in [1.807, 2.05) is 24.3 Å². The van der Waals surface area contributed by atoms with Gasteiger partial charge in [-0.15, -0.1) is 0 Å². The van der Waals surface area contributed by atoms with E-state index in [9.17, 15) is 4.79 Å². The number of hydrogen-bond donors (Lipinski definition) is 1. The zero-order valence-corrected chi connectivity index (χ0v) is 9.28. The number of benzene rings is 1. The molecule has 0 atom stereocenters. The van der Waals surface area contributed by atoms with Gasteiger partial charge in [0.2, 0.25) is 5.91 Å². The van der Waals surface area contributed by atoms with Gasteiger partial charge in [-0.05, 0) is 30.3 Å². The van der Waals surface area contributed by atoms with Gasteiger partial charge in [-0.3, -0.25) is 9.78 Å². The first-order chi connectivity index (χ1) is 7.75. The summed E-state index contributed by atoms with van der Waals surface area (Å²) in [5, 5.41) is 0. The molecule has 0 saturated heterocycles. The summed E-state index contributed by atoms with van der Waals surface area (Å²) in [7, 11) is 0. The summed E-state index contributed by atoms with van der Waals surface area (Å²) in [4.78, 5) is 17.0. The minimum atomic E-state index is -0.405. The molecule has 1 aromatic carbocycles. The molecule has 4 heteroatoms. The van der Waals surface area contributed by atoms with Crippen LogP contribution in [-0.2, 0) is 0 Å². The molecule has 0 aliphatic rings. The predicted molar refractivity (Wildman–Crippen MR) is 63.3 cm³/mol. The van der Waals surface area contributed by atoms with Crippen LogP contribution in [0.3, 0.4) is 0 Å². The lowest BCUT2D eigenvalue weighted by molar-refractivity contribution is 0.1000. The quantitative estimate of drug-likeness (QED) is 0.880. The highest BCUT2D eigenvalue weighted by molar-refractivity contribution is 7.99. The van der Waals surface area contributed by atoms with Crippen LogP contribution in [0.15, 0.2) is 58.6 Å². The van der Waals surface area contributed by atoms with E-state index in [-0.39, 0.29) is 0 Å². The molecule has 2 rings (SSSR count). The lowest BCUT2D eigenvalue weighted by Crippen LogP contribution is -2.10. The highest BCUT2D eigenvalue weighted by Crippen LogP contribution is 2.27. The van der Waals surface area contributed by atoms with Crippen LogP contribution in [0, 0.1) is 0 Å². The number of nitrogens with zero attached hydrogens (tertiary/aromatic N) is 1. The zero-order chi connectivity index (χ0) is 11.4. The van der Waals surface area contributed by atoms with Gasteiger partial charge in [0.05, 0.1) is 0 Å². The maximum atomic E-state index is 11.0. The molecule has 1 amide bonds. The number of rotatable bonds is 3. The molecule has 80 valence electrons. The van der Waals surface area contributed by atoms with Crippen molar-refractivity contribution < 1.29 is 4.79 Å². The highest BCUT2D eigenvalue weighted by Gasteiger charge is 2.02. The summed E-state index contributed by atoms with van der Waals surface area (Å²) in [5.41, 5.74) is 5.74. The molecule has 0 aliphatic carbocycles. The Morgan fingerprint density at radius 3 is 2.56 bits per heavy atom. The van der Waals surface area contributed by atoms with Crippen molar-refractivity contribution in [2.24, 2.45) is 5.73 Å². The molecule has 0 spiro atoms. The Morgan fingerprint density at radius 1 is 1.12 bits per heavy atom. The van der Waals surface area contributed by atoms with Crippen LogP contribution in [0.25, 0.3) is 0 Å². The molecule has 0 bridgehead atoms. The molecular formula is C12H10N2OS. The maximum absolute atomic E-state index is 11.0. The number of carbonyl (C=O) groups excluding carboxylic acids is 1. The summed E-state index contributed by atoms with van der Waals surface area (Å²) in [6.45, 7) is 0. The Bertz CT molecular complexity index is 499. The van der Waals surface area contributed by atoms with Crippen molar-refractivity contribution >= 4 is 17.7 Å². The third-order valence-corrected chi connectivity index (χ3v) is 3.00. The van der Waals surface area contributed by atoms with Gasteiger partial charge in [0.1, 0.15) is 0 Å². The van der Waals surface area contributed by atoms with Crippen LogP contribution in [-0.4, -0.2) is 10.9 Å². The number of nitrogens with two attached hydrogens (primary N) is 1. The van der Waals surface area contributed by atoms with Crippen molar-refractivity contribution in [3.63, 3.8) is 0 Å². The van der Waals surface area contributed by atoms with E-state index in [1.165, 1.54) is 0 Å². The van der Waals surface area contributed by atoms with Gasteiger partial charge in [0, 0.05) is 27.7 Å². The molecule has 0 aliphatic heterocycles. The predicted octanol–water partition coefficient (Wildman–Crippen LogP) is 2.33. The van der Waals surface area contributed by atoms with Crippen molar-refractivity contribution in [1.82, 2.24) is 4.98 Å². The van der Waals surface area contributed by atoms with Crippen LogP contribution in [0.2, 0.25) is 0 Å². The van der Waals surface area contributed by atoms with Gasteiger partial charge in [0.25, 0.3) is 0 Å². The van der Waals surface area contributed by atoms with Crippen LogP contribution in [0.1, 0.15) is 10.4 Å². The topological polar surface area (TPSA) is 56.0 Å². The van der Waals surface area contributed by atoms with Gasteiger partial charge in [-0.25, -0.2) is 0 Å². The summed E-state index contributed by atoms with van der Waals surface area (Å²) in [6, 6.07) is 11.1. The molecule has 2 aromatic rings. The molecule has 2 N–H and O–H groups in total. The van der Waals surface area contributed by atoms with E-state index in [0.29, 0.717) is 5.56 Å². The summed E-state index contributed by atoms with van der Waals surface area (Å²) in [5.74, 6) is -0.405. The first-order valence-electron chi connectivity index (χ1n) is 4.73. The Hall–Kier alpha value is -1.81.